The van der Waals surface area contributed by atoms with Crippen molar-refractivity contribution in [1.82, 2.24) is 6.76 Å². The molecule has 0 spiro atoms. The first-order chi connectivity index (χ1) is 37.3. The number of halogens is 2. The Morgan fingerprint density at radius 2 is 0.234 bits per heavy atom. The Bertz CT molecular complexity index is 823. The van der Waals surface area contributed by atoms with Crippen molar-refractivity contribution < 1.29 is 19.7 Å². The molecule has 2 nitrogen and oxygen atoms in total. The van der Waals surface area contributed by atoms with Gasteiger partial charge >= 0.3 is 309 Å². The molecule has 0 aliphatic rings. The van der Waals surface area contributed by atoms with Crippen LogP contribution in [0.2, 0.25) is 0 Å². The minimum atomic E-state index is -0.197. The summed E-state index contributed by atoms with van der Waals surface area (Å²) >= 11 is -0.197. The van der Waals surface area contributed by atoms with Crippen LogP contribution in [0.15, 0.2) is 0 Å². The number of rotatable bonds is 70. The van der Waals surface area contributed by atoms with Gasteiger partial charge in [-0.1, -0.05) is 182 Å². The van der Waals surface area contributed by atoms with Crippen molar-refractivity contribution in [2.24, 2.45) is 0 Å². The molecular formula is C72H150Cl2N2Ti. The molecule has 0 heterocycles. The van der Waals surface area contributed by atoms with Crippen LogP contribution >= 0.6 is 24.8 Å². The van der Waals surface area contributed by atoms with Crippen LogP contribution in [-0.2, 0) is 19.7 Å². The number of unbranched alkanes of at least 4 members (excludes halogenated alkanes) is 60. The van der Waals surface area contributed by atoms with E-state index in [9.17, 15) is 0 Å². The monoisotopic (exact) mass is 1160 g/mol. The van der Waals surface area contributed by atoms with E-state index in [1.807, 2.05) is 0 Å². The van der Waals surface area contributed by atoms with Gasteiger partial charge in [0.2, 0.25) is 0 Å². The second-order valence-electron chi connectivity index (χ2n) is 25.3. The molecule has 0 aliphatic heterocycles. The van der Waals surface area contributed by atoms with E-state index in [1.165, 1.54) is 437 Å². The van der Waals surface area contributed by atoms with Gasteiger partial charge in [-0.15, -0.1) is 24.8 Å². The summed E-state index contributed by atoms with van der Waals surface area (Å²) in [6.45, 7) is 14.9. The van der Waals surface area contributed by atoms with Crippen molar-refractivity contribution in [1.29, 1.82) is 0 Å². The van der Waals surface area contributed by atoms with Crippen LogP contribution in [0.4, 0.5) is 0 Å². The predicted molar refractivity (Wildman–Crippen MR) is 356 cm³/mol. The number of hydrogen-bond donors (Lipinski definition) is 0. The first kappa shape index (κ1) is 82.4. The molecule has 0 unspecified atom stereocenters. The molecular weight excluding hydrogens is 1010 g/mol. The van der Waals surface area contributed by atoms with Gasteiger partial charge in [0.25, 0.3) is 0 Å². The molecule has 0 rings (SSSR count). The summed E-state index contributed by atoms with van der Waals surface area (Å²) in [7, 11) is 0. The van der Waals surface area contributed by atoms with Gasteiger partial charge in [-0.2, -0.15) is 0 Å². The average molecular weight is 1160 g/mol. The Morgan fingerprint density at radius 3 is 0.338 bits per heavy atom. The second kappa shape index (κ2) is 77.2. The molecule has 0 atom stereocenters. The van der Waals surface area contributed by atoms with E-state index < -0.39 is 0 Å². The van der Waals surface area contributed by atoms with Crippen LogP contribution in [-0.4, -0.2) is 32.9 Å². The number of nitrogens with zero attached hydrogens (tertiary/aromatic N) is 2. The topological polar surface area (TPSA) is 6.48 Å². The summed E-state index contributed by atoms with van der Waals surface area (Å²) in [5.74, 6) is 0. The molecule has 0 aromatic carbocycles. The standard InChI is InChI=1S/2C36H74N.2ClH.Ti/c2*1-3-5-7-9-11-13-15-17-19-21-23-25-27-29-31-33-35-37-36-34-32-30-28-26-24-22-20-18-16-14-12-10-8-6-4-2;;;/h2*3-36H2,1-2H3;2*1H;/q2*-1;;;+2. The van der Waals surface area contributed by atoms with E-state index in [0.717, 1.165) is 0 Å². The number of hydrogen-bond acceptors (Lipinski definition) is 2. The molecule has 0 aromatic rings. The van der Waals surface area contributed by atoms with Gasteiger partial charge in [-0.3, -0.25) is 0 Å². The Balaban J connectivity index is -0.0000274. The van der Waals surface area contributed by atoms with Gasteiger partial charge in [-0.05, 0) is 0 Å². The molecule has 466 valence electrons. The fraction of sp³-hybridized carbons (Fsp3) is 1.00. The third-order valence-corrected chi connectivity index (χ3v) is 19.7. The first-order valence-corrected chi connectivity index (χ1v) is 37.9. The third-order valence-electron chi connectivity index (χ3n) is 17.4. The average Bonchev–Trinajstić information content (AvgIpc) is 3.42. The summed E-state index contributed by atoms with van der Waals surface area (Å²) < 4.78 is 6.15. The minimum Gasteiger partial charge on any atom is -0.147 e. The van der Waals surface area contributed by atoms with Crippen molar-refractivity contribution in [3.05, 3.63) is 0 Å². The Kier molecular flexibility index (Phi) is 82.7. The SMILES string of the molecule is CCCCCCCCCCCCCCCCCC[N](CCCCCCCCCCCCCCCCCC)[Ti][N](CCCCCCCCCCCCCCCCCC)CCCCCCCCCCCCCCCCCC.Cl.Cl. The van der Waals surface area contributed by atoms with E-state index in [4.69, 9.17) is 0 Å². The van der Waals surface area contributed by atoms with Gasteiger partial charge in [0.1, 0.15) is 0 Å². The van der Waals surface area contributed by atoms with Crippen molar-refractivity contribution in [2.45, 2.75) is 439 Å². The fourth-order valence-corrected chi connectivity index (χ4v) is 14.3. The molecule has 77 heavy (non-hydrogen) atoms. The summed E-state index contributed by atoms with van der Waals surface area (Å²) in [5.41, 5.74) is 0. The van der Waals surface area contributed by atoms with Gasteiger partial charge in [0.05, 0.1) is 0 Å². The quantitative estimate of drug-likeness (QED) is 0.0442. The zero-order chi connectivity index (χ0) is 53.9. The molecule has 0 N–H and O–H groups in total. The van der Waals surface area contributed by atoms with Gasteiger partial charge in [0.15, 0.2) is 0 Å². The van der Waals surface area contributed by atoms with E-state index >= 15 is 0 Å². The molecule has 0 aromatic heterocycles. The second-order valence-corrected chi connectivity index (χ2v) is 27.6. The van der Waals surface area contributed by atoms with Crippen LogP contribution < -0.4 is 0 Å². The summed E-state index contributed by atoms with van der Waals surface area (Å²) in [5, 5.41) is 0. The molecule has 0 bridgehead atoms. The Labute approximate surface area is 512 Å². The van der Waals surface area contributed by atoms with Crippen molar-refractivity contribution >= 4 is 24.8 Å². The van der Waals surface area contributed by atoms with E-state index in [2.05, 4.69) is 34.5 Å². The summed E-state index contributed by atoms with van der Waals surface area (Å²) in [6, 6.07) is 0. The van der Waals surface area contributed by atoms with Crippen LogP contribution in [0.1, 0.15) is 439 Å². The van der Waals surface area contributed by atoms with Crippen LogP contribution in [0.5, 0.6) is 0 Å². The Hall–Kier alpha value is 1.21. The van der Waals surface area contributed by atoms with Gasteiger partial charge < -0.3 is 0 Å². The fourth-order valence-electron chi connectivity index (χ4n) is 12.0. The summed E-state index contributed by atoms with van der Waals surface area (Å²) in [6.07, 6.45) is 94.1. The van der Waals surface area contributed by atoms with Crippen molar-refractivity contribution in [3.8, 4) is 0 Å². The van der Waals surface area contributed by atoms with Gasteiger partial charge in [0, 0.05) is 0 Å². The predicted octanol–water partition coefficient (Wildman–Crippen LogP) is 27.4. The molecule has 0 aliphatic carbocycles. The molecule has 0 saturated heterocycles. The maximum atomic E-state index is 3.08. The molecule has 0 amide bonds. The smallest absolute Gasteiger partial charge is 0.147 e. The molecule has 0 fully saturated rings. The minimum absolute atomic E-state index is 0. The van der Waals surface area contributed by atoms with E-state index in [0.29, 0.717) is 0 Å². The van der Waals surface area contributed by atoms with Crippen LogP contribution in [0.3, 0.4) is 0 Å². The molecule has 0 radical (unpaired) electrons. The zero-order valence-corrected chi connectivity index (χ0v) is 57.5. The normalized spacial score (nSPS) is 11.6. The zero-order valence-electron chi connectivity index (χ0n) is 54.3. The van der Waals surface area contributed by atoms with Crippen LogP contribution in [0.25, 0.3) is 0 Å². The maximum absolute atomic E-state index is 3.08. The molecule has 5 heteroatoms. The van der Waals surface area contributed by atoms with Gasteiger partial charge in [-0.25, -0.2) is 0 Å². The van der Waals surface area contributed by atoms with Crippen LogP contribution in [0, 0.1) is 0 Å². The van der Waals surface area contributed by atoms with Crippen molar-refractivity contribution in [3.63, 3.8) is 0 Å². The first-order valence-electron chi connectivity index (χ1n) is 36.5. The third kappa shape index (κ3) is 73.3. The Morgan fingerprint density at radius 1 is 0.143 bits per heavy atom. The van der Waals surface area contributed by atoms with Crippen molar-refractivity contribution in [2.75, 3.05) is 26.2 Å². The van der Waals surface area contributed by atoms with E-state index in [-0.39, 0.29) is 44.5 Å². The van der Waals surface area contributed by atoms with E-state index in [1.54, 1.807) is 0 Å². The molecule has 0 saturated carbocycles. The summed E-state index contributed by atoms with van der Waals surface area (Å²) in [4.78, 5) is 0.